The van der Waals surface area contributed by atoms with Gasteiger partial charge in [-0.3, -0.25) is 0 Å². The van der Waals surface area contributed by atoms with Crippen LogP contribution in [0.3, 0.4) is 0 Å². The van der Waals surface area contributed by atoms with Crippen LogP contribution in [0.2, 0.25) is 0 Å². The zero-order chi connectivity index (χ0) is 44.9. The highest BCUT2D eigenvalue weighted by molar-refractivity contribution is 7.33. The third kappa shape index (κ3) is 5.04. The summed E-state index contributed by atoms with van der Waals surface area (Å²) in [6, 6.07) is 82.4. The summed E-state index contributed by atoms with van der Waals surface area (Å²) in [5.41, 5.74) is 20.7. The van der Waals surface area contributed by atoms with Gasteiger partial charge in [-0.1, -0.05) is 140 Å². The van der Waals surface area contributed by atoms with Crippen molar-refractivity contribution in [2.45, 2.75) is 0 Å². The topological polar surface area (TPSA) is 27.8 Å². The fourth-order valence-corrected chi connectivity index (χ4v) is 13.4. The monoisotopic (exact) mass is 896 g/mol. The smallest absolute Gasteiger partial charge is 0.264 e. The highest BCUT2D eigenvalue weighted by Crippen LogP contribution is 2.56. The molecule has 10 aromatic carbocycles. The molecule has 0 bridgehead atoms. The van der Waals surface area contributed by atoms with Gasteiger partial charge in [0.15, 0.2) is 0 Å². The Hall–Kier alpha value is -8.78. The number of aromatic nitrogens is 1. The van der Waals surface area contributed by atoms with Gasteiger partial charge >= 0.3 is 0 Å². The summed E-state index contributed by atoms with van der Waals surface area (Å²) in [5.74, 6) is 0. The van der Waals surface area contributed by atoms with Crippen LogP contribution in [0.1, 0.15) is 0 Å². The second-order valence-corrected chi connectivity index (χ2v) is 19.5. The van der Waals surface area contributed by atoms with Crippen LogP contribution in [0.4, 0.5) is 51.2 Å². The van der Waals surface area contributed by atoms with E-state index in [4.69, 9.17) is 4.42 Å². The Labute approximate surface area is 401 Å². The molecule has 3 aromatic heterocycles. The predicted molar refractivity (Wildman–Crippen MR) is 291 cm³/mol. The number of nitrogens with zero attached hydrogens (tertiary/aromatic N) is 4. The summed E-state index contributed by atoms with van der Waals surface area (Å²) in [7, 11) is 0. The van der Waals surface area contributed by atoms with Gasteiger partial charge in [0.05, 0.1) is 50.5 Å². The van der Waals surface area contributed by atoms with Crippen LogP contribution in [-0.2, 0) is 0 Å². The van der Waals surface area contributed by atoms with E-state index in [1.165, 1.54) is 87.2 Å². The van der Waals surface area contributed by atoms with Crippen molar-refractivity contribution >= 4 is 139 Å². The maximum absolute atomic E-state index is 6.71. The first kappa shape index (κ1) is 37.3. The van der Waals surface area contributed by atoms with Gasteiger partial charge in [-0.25, -0.2) is 0 Å². The van der Waals surface area contributed by atoms with Gasteiger partial charge < -0.3 is 23.7 Å². The summed E-state index contributed by atoms with van der Waals surface area (Å²) < 4.78 is 11.8. The van der Waals surface area contributed by atoms with E-state index in [0.717, 1.165) is 50.4 Å². The molecule has 7 heteroatoms. The van der Waals surface area contributed by atoms with Crippen LogP contribution >= 0.6 is 11.3 Å². The van der Waals surface area contributed by atoms with Crippen LogP contribution in [-0.4, -0.2) is 11.3 Å². The number of hydrogen-bond acceptors (Lipinski definition) is 5. The summed E-state index contributed by atoms with van der Waals surface area (Å²) in [6.45, 7) is -0.0659. The van der Waals surface area contributed by atoms with E-state index >= 15 is 0 Å². The van der Waals surface area contributed by atoms with E-state index in [2.05, 4.69) is 244 Å². The van der Waals surface area contributed by atoms with Gasteiger partial charge in [-0.2, -0.15) is 0 Å². The first-order chi connectivity index (χ1) is 34.3. The van der Waals surface area contributed by atoms with Crippen LogP contribution in [0.15, 0.2) is 229 Å². The lowest BCUT2D eigenvalue weighted by Gasteiger charge is -2.46. The van der Waals surface area contributed by atoms with Crippen molar-refractivity contribution in [2.24, 2.45) is 0 Å². The minimum atomic E-state index is -0.0659. The summed E-state index contributed by atoms with van der Waals surface area (Å²) >= 11 is 1.94. The normalized spacial score (nSPS) is 13.1. The fraction of sp³-hybridized carbons (Fsp3) is 0. The molecule has 0 saturated carbocycles. The molecule has 0 saturated heterocycles. The summed E-state index contributed by atoms with van der Waals surface area (Å²) in [4.78, 5) is 7.64. The summed E-state index contributed by atoms with van der Waals surface area (Å²) in [6.07, 6.45) is 0. The fourth-order valence-electron chi connectivity index (χ4n) is 12.1. The van der Waals surface area contributed by atoms with Crippen molar-refractivity contribution in [1.82, 2.24) is 4.57 Å². The number of fused-ring (bicyclic) bond motifs is 14. The Morgan fingerprint density at radius 3 is 1.84 bits per heavy atom. The SMILES string of the molecule is c1ccc(-c2ccc3sc4c(c3c2)N(c2cccc3oc5ccccc5c23)c2cc(N(c3ccccc3)c3ccccc3)cc3c2B4c2cccc4c2N3c2cccc3c5ccccc5n-4c23)cc1. The minimum absolute atomic E-state index is 0.0659. The Balaban J connectivity index is 1.09. The number of thiophene rings is 1. The Morgan fingerprint density at radius 1 is 0.420 bits per heavy atom. The molecule has 320 valence electrons. The van der Waals surface area contributed by atoms with Crippen LogP contribution in [0, 0.1) is 0 Å². The van der Waals surface area contributed by atoms with Gasteiger partial charge in [0.25, 0.3) is 6.71 Å². The second kappa shape index (κ2) is 13.9. The van der Waals surface area contributed by atoms with Crippen LogP contribution in [0.25, 0.3) is 70.6 Å². The maximum atomic E-state index is 6.71. The van der Waals surface area contributed by atoms with E-state index < -0.39 is 0 Å². The molecule has 13 aromatic rings. The Bertz CT molecular complexity index is 4250. The zero-order valence-electron chi connectivity index (χ0n) is 37.0. The van der Waals surface area contributed by atoms with Gasteiger partial charge in [0.1, 0.15) is 11.2 Å². The lowest BCUT2D eigenvalue weighted by atomic mass is 9.36. The molecule has 3 aliphatic rings. The number of anilines is 9. The minimum Gasteiger partial charge on any atom is -0.456 e. The first-order valence-electron chi connectivity index (χ1n) is 23.6. The van der Waals surface area contributed by atoms with Crippen molar-refractivity contribution in [3.8, 4) is 16.8 Å². The standard InChI is InChI=1S/C62H37BN4OS/c1-4-17-38(18-5-1)39-33-34-56-46(35-39)60-62(69-56)63-47-26-15-30-51-61(47)67(50-29-14-25-44-43-23-10-12-27-48(43)65(51)59(44)50)53-37-42(64(40-19-6-2-7-20-40)41-21-8-3-9-22-41)36-52(58(53)63)66(60)49-28-16-32-55-57(49)45-24-11-13-31-54(45)68-55/h1-37H. The molecule has 3 aliphatic heterocycles. The molecule has 0 unspecified atom stereocenters. The zero-order valence-corrected chi connectivity index (χ0v) is 37.9. The Morgan fingerprint density at radius 2 is 1.04 bits per heavy atom. The number of rotatable bonds is 5. The van der Waals surface area contributed by atoms with Crippen LogP contribution < -0.4 is 30.4 Å². The largest absolute Gasteiger partial charge is 0.456 e. The summed E-state index contributed by atoms with van der Waals surface area (Å²) in [5, 5.41) is 5.94. The molecule has 6 heterocycles. The lowest BCUT2D eigenvalue weighted by Crippen LogP contribution is -2.61. The Kier molecular flexibility index (Phi) is 7.52. The van der Waals surface area contributed by atoms with Gasteiger partial charge in [0.2, 0.25) is 0 Å². The molecule has 5 nitrogen and oxygen atoms in total. The number of benzene rings is 10. The van der Waals surface area contributed by atoms with Crippen LogP contribution in [0.5, 0.6) is 0 Å². The maximum Gasteiger partial charge on any atom is 0.264 e. The van der Waals surface area contributed by atoms with E-state index in [0.29, 0.717) is 0 Å². The molecular formula is C62H37BN4OS. The predicted octanol–water partition coefficient (Wildman–Crippen LogP) is 15.4. The van der Waals surface area contributed by atoms with Crippen molar-refractivity contribution in [1.29, 1.82) is 0 Å². The molecule has 0 fully saturated rings. The van der Waals surface area contributed by atoms with Crippen molar-refractivity contribution in [3.63, 3.8) is 0 Å². The first-order valence-corrected chi connectivity index (χ1v) is 24.4. The third-order valence-corrected chi connectivity index (χ3v) is 16.0. The van der Waals surface area contributed by atoms with E-state index in [1.54, 1.807) is 0 Å². The van der Waals surface area contributed by atoms with E-state index in [-0.39, 0.29) is 6.71 Å². The van der Waals surface area contributed by atoms with E-state index in [9.17, 15) is 0 Å². The molecule has 0 atom stereocenters. The molecule has 69 heavy (non-hydrogen) atoms. The second-order valence-electron chi connectivity index (χ2n) is 18.4. The molecule has 0 N–H and O–H groups in total. The third-order valence-electron chi connectivity index (χ3n) is 14.8. The van der Waals surface area contributed by atoms with Gasteiger partial charge in [0, 0.05) is 53.8 Å². The molecule has 0 aliphatic carbocycles. The quantitative estimate of drug-likeness (QED) is 0.161. The average molecular weight is 897 g/mol. The van der Waals surface area contributed by atoms with Crippen molar-refractivity contribution < 1.29 is 4.42 Å². The van der Waals surface area contributed by atoms with Gasteiger partial charge in [-0.15, -0.1) is 11.3 Å². The van der Waals surface area contributed by atoms with Crippen molar-refractivity contribution in [2.75, 3.05) is 14.7 Å². The lowest BCUT2D eigenvalue weighted by molar-refractivity contribution is 0.669. The molecule has 0 spiro atoms. The van der Waals surface area contributed by atoms with Crippen molar-refractivity contribution in [3.05, 3.63) is 224 Å². The van der Waals surface area contributed by atoms with E-state index in [1.807, 2.05) is 11.3 Å². The molecule has 0 radical (unpaired) electrons. The highest BCUT2D eigenvalue weighted by Gasteiger charge is 2.48. The molecule has 16 rings (SSSR count). The number of furan rings is 1. The number of hydrogen-bond donors (Lipinski definition) is 0. The number of para-hydroxylation sites is 6. The highest BCUT2D eigenvalue weighted by atomic mass is 32.1. The molecular weight excluding hydrogens is 860 g/mol. The average Bonchev–Trinajstić information content (AvgIpc) is 4.10. The van der Waals surface area contributed by atoms with Gasteiger partial charge in [-0.05, 0) is 107 Å². The molecule has 0 amide bonds.